The van der Waals surface area contributed by atoms with Gasteiger partial charge in [-0.25, -0.2) is 0 Å². The van der Waals surface area contributed by atoms with Crippen LogP contribution in [0.15, 0.2) is 194 Å². The summed E-state index contributed by atoms with van der Waals surface area (Å²) >= 11 is 0. The highest BCUT2D eigenvalue weighted by Crippen LogP contribution is 2.61. The van der Waals surface area contributed by atoms with Crippen molar-refractivity contribution < 1.29 is 4.74 Å². The minimum Gasteiger partial charge on any atom is -0.456 e. The Kier molecular flexibility index (Phi) is 6.23. The van der Waals surface area contributed by atoms with Crippen LogP contribution in [0.4, 0.5) is 0 Å². The van der Waals surface area contributed by atoms with Crippen molar-refractivity contribution in [2.45, 2.75) is 5.41 Å². The summed E-state index contributed by atoms with van der Waals surface area (Å²) in [6, 6.07) is 71.2. The number of ether oxygens (including phenoxy) is 1. The summed E-state index contributed by atoms with van der Waals surface area (Å²) < 4.78 is 6.50. The lowest BCUT2D eigenvalue weighted by Crippen LogP contribution is -2.29. The molecule has 0 atom stereocenters. The molecule has 1 aliphatic carbocycles. The fourth-order valence-corrected chi connectivity index (χ4v) is 9.14. The average molecular weight is 661 g/mol. The van der Waals surface area contributed by atoms with Crippen LogP contribution in [-0.2, 0) is 5.41 Å². The van der Waals surface area contributed by atoms with Crippen molar-refractivity contribution in [2.75, 3.05) is 0 Å². The normalized spacial score (nSPS) is 13.3. The smallest absolute Gasteiger partial charge is 0.135 e. The van der Waals surface area contributed by atoms with Gasteiger partial charge in [0.1, 0.15) is 11.5 Å². The molecule has 9 aromatic carbocycles. The molecule has 0 saturated heterocycles. The lowest BCUT2D eigenvalue weighted by atomic mass is 9.65. The van der Waals surface area contributed by atoms with Gasteiger partial charge >= 0.3 is 0 Å². The molecule has 242 valence electrons. The Bertz CT molecular complexity index is 2810. The van der Waals surface area contributed by atoms with E-state index in [0.717, 1.165) is 17.1 Å². The van der Waals surface area contributed by atoms with Crippen molar-refractivity contribution in [1.82, 2.24) is 0 Å². The van der Waals surface area contributed by atoms with E-state index < -0.39 is 5.41 Å². The second-order valence-electron chi connectivity index (χ2n) is 14.0. The summed E-state index contributed by atoms with van der Waals surface area (Å²) in [7, 11) is 0. The number of benzene rings is 9. The molecule has 0 radical (unpaired) electrons. The van der Waals surface area contributed by atoms with Crippen LogP contribution in [0, 0.1) is 0 Å². The highest BCUT2D eigenvalue weighted by molar-refractivity contribution is 6.09. The molecule has 1 nitrogen and oxygen atoms in total. The quantitative estimate of drug-likeness (QED) is 0.183. The van der Waals surface area contributed by atoms with Gasteiger partial charge in [-0.2, -0.15) is 0 Å². The van der Waals surface area contributed by atoms with E-state index in [-0.39, 0.29) is 0 Å². The van der Waals surface area contributed by atoms with Gasteiger partial charge in [-0.05, 0) is 108 Å². The molecule has 0 fully saturated rings. The topological polar surface area (TPSA) is 9.23 Å². The van der Waals surface area contributed by atoms with Crippen LogP contribution in [-0.4, -0.2) is 0 Å². The molecular formula is C51H32O. The summed E-state index contributed by atoms with van der Waals surface area (Å²) in [4.78, 5) is 0. The molecular weight excluding hydrogens is 629 g/mol. The first-order valence-corrected chi connectivity index (χ1v) is 18.0. The molecule has 0 unspecified atom stereocenters. The Labute approximate surface area is 303 Å². The lowest BCUT2D eigenvalue weighted by molar-refractivity contribution is 0.487. The molecule has 11 rings (SSSR count). The SMILES string of the molecule is c1ccc(-c2cc3ccccc3c3c2C(c2ccccc2)(c2ccccc2)c2cc(-c4ccc5c(c4)-c4cccc6cccc(c46)O5)ccc2-3)cc1. The largest absolute Gasteiger partial charge is 0.456 e. The van der Waals surface area contributed by atoms with Gasteiger partial charge in [-0.1, -0.05) is 164 Å². The molecule has 0 N–H and O–H groups in total. The molecule has 2 aliphatic rings. The second-order valence-corrected chi connectivity index (χ2v) is 14.0. The van der Waals surface area contributed by atoms with Crippen molar-refractivity contribution in [3.8, 4) is 56.0 Å². The van der Waals surface area contributed by atoms with Crippen molar-refractivity contribution in [3.63, 3.8) is 0 Å². The monoisotopic (exact) mass is 660 g/mol. The Morgan fingerprint density at radius 2 is 1.00 bits per heavy atom. The number of hydrogen-bond acceptors (Lipinski definition) is 1. The fourth-order valence-electron chi connectivity index (χ4n) is 9.14. The molecule has 0 aromatic heterocycles. The van der Waals surface area contributed by atoms with E-state index in [0.29, 0.717) is 0 Å². The Morgan fingerprint density at radius 3 is 1.77 bits per heavy atom. The van der Waals surface area contributed by atoms with Gasteiger partial charge in [0.15, 0.2) is 0 Å². The van der Waals surface area contributed by atoms with E-state index in [1.165, 1.54) is 82.7 Å². The second kappa shape index (κ2) is 11.2. The number of hydrogen-bond donors (Lipinski definition) is 0. The molecule has 9 aromatic rings. The van der Waals surface area contributed by atoms with Crippen LogP contribution < -0.4 is 4.74 Å². The average Bonchev–Trinajstić information content (AvgIpc) is 3.53. The molecule has 0 amide bonds. The summed E-state index contributed by atoms with van der Waals surface area (Å²) in [6.45, 7) is 0. The zero-order valence-electron chi connectivity index (χ0n) is 28.4. The van der Waals surface area contributed by atoms with Crippen LogP contribution in [0.2, 0.25) is 0 Å². The predicted molar refractivity (Wildman–Crippen MR) is 215 cm³/mol. The Balaban J connectivity index is 1.24. The molecule has 0 saturated carbocycles. The van der Waals surface area contributed by atoms with Crippen molar-refractivity contribution in [1.29, 1.82) is 0 Å². The molecule has 1 heterocycles. The van der Waals surface area contributed by atoms with E-state index >= 15 is 0 Å². The zero-order valence-corrected chi connectivity index (χ0v) is 28.4. The van der Waals surface area contributed by atoms with Gasteiger partial charge in [0.25, 0.3) is 0 Å². The van der Waals surface area contributed by atoms with Crippen LogP contribution >= 0.6 is 0 Å². The van der Waals surface area contributed by atoms with E-state index in [9.17, 15) is 0 Å². The molecule has 0 bridgehead atoms. The first kappa shape index (κ1) is 29.1. The third-order valence-electron chi connectivity index (χ3n) is 11.3. The Morgan fingerprint density at radius 1 is 0.365 bits per heavy atom. The summed E-state index contributed by atoms with van der Waals surface area (Å²) in [5.74, 6) is 1.81. The maximum atomic E-state index is 6.50. The number of fused-ring (bicyclic) bond motifs is 7. The highest BCUT2D eigenvalue weighted by atomic mass is 16.5. The summed E-state index contributed by atoms with van der Waals surface area (Å²) in [6.07, 6.45) is 0. The van der Waals surface area contributed by atoms with Gasteiger partial charge in [-0.15, -0.1) is 0 Å². The predicted octanol–water partition coefficient (Wildman–Crippen LogP) is 13.5. The molecule has 0 spiro atoms. The molecule has 52 heavy (non-hydrogen) atoms. The number of rotatable bonds is 4. The van der Waals surface area contributed by atoms with Crippen LogP contribution in [0.25, 0.3) is 66.1 Å². The highest BCUT2D eigenvalue weighted by Gasteiger charge is 2.48. The van der Waals surface area contributed by atoms with Gasteiger partial charge in [0.2, 0.25) is 0 Å². The summed E-state index contributed by atoms with van der Waals surface area (Å²) in [5.41, 5.74) is 14.3. The lowest BCUT2D eigenvalue weighted by Gasteiger charge is -2.35. The van der Waals surface area contributed by atoms with E-state index in [2.05, 4.69) is 194 Å². The fraction of sp³-hybridized carbons (Fsp3) is 0.0196. The molecule has 1 heteroatoms. The van der Waals surface area contributed by atoms with Gasteiger partial charge in [0, 0.05) is 10.9 Å². The van der Waals surface area contributed by atoms with Crippen LogP contribution in [0.1, 0.15) is 22.3 Å². The van der Waals surface area contributed by atoms with Gasteiger partial charge in [-0.3, -0.25) is 0 Å². The van der Waals surface area contributed by atoms with Gasteiger partial charge in [0.05, 0.1) is 5.41 Å². The van der Waals surface area contributed by atoms with E-state index in [4.69, 9.17) is 4.74 Å². The molecule has 1 aliphatic heterocycles. The van der Waals surface area contributed by atoms with E-state index in [1.54, 1.807) is 0 Å². The third-order valence-corrected chi connectivity index (χ3v) is 11.3. The zero-order chi connectivity index (χ0) is 34.2. The maximum Gasteiger partial charge on any atom is 0.135 e. The van der Waals surface area contributed by atoms with Crippen molar-refractivity contribution >= 4 is 21.5 Å². The first-order chi connectivity index (χ1) is 25.8. The van der Waals surface area contributed by atoms with Crippen molar-refractivity contribution in [3.05, 3.63) is 216 Å². The summed E-state index contributed by atoms with van der Waals surface area (Å²) in [5, 5.41) is 4.89. The van der Waals surface area contributed by atoms with Gasteiger partial charge < -0.3 is 4.74 Å². The standard InChI is InChI=1S/C51H32O/c1-4-14-33(15-5-1)43-31-37-16-10-11-23-40(37)49-42-28-26-36(32-45(42)51(50(43)49,38-19-6-2-7-20-38)39-21-8-3-9-22-39)35-27-29-46-44(30-35)41-24-12-17-34-18-13-25-47(52-46)48(34)41/h1-32H. The van der Waals surface area contributed by atoms with Crippen LogP contribution in [0.5, 0.6) is 11.5 Å². The van der Waals surface area contributed by atoms with Crippen LogP contribution in [0.3, 0.4) is 0 Å². The first-order valence-electron chi connectivity index (χ1n) is 18.0. The third kappa shape index (κ3) is 4.05. The minimum absolute atomic E-state index is 0.569. The Hall–Kier alpha value is -6.70. The van der Waals surface area contributed by atoms with Crippen molar-refractivity contribution in [2.24, 2.45) is 0 Å². The minimum atomic E-state index is -0.569. The maximum absolute atomic E-state index is 6.50. The van der Waals surface area contributed by atoms with E-state index in [1.807, 2.05) is 0 Å².